The van der Waals surface area contributed by atoms with Gasteiger partial charge in [-0.15, -0.1) is 0 Å². The Labute approximate surface area is 162 Å². The monoisotopic (exact) mass is 404 g/mol. The van der Waals surface area contributed by atoms with Crippen molar-refractivity contribution in [3.05, 3.63) is 72.8 Å². The Kier molecular flexibility index (Phi) is 5.87. The molecular formula is C20H14Cl2O2Ti. The average Bonchev–Trinajstić information content (AvgIpc) is 2.63. The Bertz CT molecular complexity index is 951. The van der Waals surface area contributed by atoms with E-state index in [0.29, 0.717) is 11.1 Å². The minimum absolute atomic E-state index is 0.172. The zero-order valence-electron chi connectivity index (χ0n) is 13.1. The molecule has 0 aliphatic heterocycles. The van der Waals surface area contributed by atoms with E-state index in [2.05, 4.69) is 0 Å². The van der Waals surface area contributed by atoms with Gasteiger partial charge in [-0.25, -0.2) is 0 Å². The van der Waals surface area contributed by atoms with Crippen LogP contribution in [0.5, 0.6) is 11.5 Å². The molecule has 0 bridgehead atoms. The van der Waals surface area contributed by atoms with E-state index >= 15 is 0 Å². The fourth-order valence-corrected chi connectivity index (χ4v) is 3.05. The molecule has 0 radical (unpaired) electrons. The first-order chi connectivity index (χ1) is 12.2. The van der Waals surface area contributed by atoms with Crippen LogP contribution in [0.2, 0.25) is 0 Å². The zero-order chi connectivity index (χ0) is 17.8. The van der Waals surface area contributed by atoms with Crippen molar-refractivity contribution in [2.24, 2.45) is 0 Å². The van der Waals surface area contributed by atoms with Crippen molar-refractivity contribution < 1.29 is 27.2 Å². The van der Waals surface area contributed by atoms with Crippen LogP contribution in [0.15, 0.2) is 72.8 Å². The van der Waals surface area contributed by atoms with Gasteiger partial charge in [0.05, 0.1) is 0 Å². The Hall–Kier alpha value is -1.71. The number of rotatable bonds is 1. The summed E-state index contributed by atoms with van der Waals surface area (Å²) < 4.78 is 0. The summed E-state index contributed by atoms with van der Waals surface area (Å²) in [5, 5.41) is 24.8. The third kappa shape index (κ3) is 3.63. The Morgan fingerprint density at radius 1 is 0.560 bits per heavy atom. The topological polar surface area (TPSA) is 40.5 Å². The predicted octanol–water partition coefficient (Wildman–Crippen LogP) is 6.45. The number of hydrogen-bond acceptors (Lipinski definition) is 2. The van der Waals surface area contributed by atoms with Gasteiger partial charge in [-0.3, -0.25) is 0 Å². The molecule has 0 fully saturated rings. The SMILES string of the molecule is Oc1ccc2ccccc2c1-c1c(O)ccc2ccccc12.[Cl][Ti][Cl]. The molecule has 0 spiro atoms. The van der Waals surface area contributed by atoms with Gasteiger partial charge < -0.3 is 10.2 Å². The fourth-order valence-electron chi connectivity index (χ4n) is 3.05. The van der Waals surface area contributed by atoms with Crippen LogP contribution in [0.25, 0.3) is 32.7 Å². The molecular weight excluding hydrogens is 391 g/mol. The number of hydrogen-bond donors (Lipinski definition) is 2. The average molecular weight is 405 g/mol. The molecule has 2 N–H and O–H groups in total. The second kappa shape index (κ2) is 8.12. The van der Waals surface area contributed by atoms with Crippen molar-refractivity contribution in [1.82, 2.24) is 0 Å². The summed E-state index contributed by atoms with van der Waals surface area (Å²) in [7, 11) is 9.78. The quantitative estimate of drug-likeness (QED) is 0.358. The first-order valence-corrected chi connectivity index (χ1v) is 11.8. The Morgan fingerprint density at radius 3 is 1.32 bits per heavy atom. The first-order valence-electron chi connectivity index (χ1n) is 7.55. The van der Waals surface area contributed by atoms with Gasteiger partial charge in [0.1, 0.15) is 11.5 Å². The molecule has 0 atom stereocenters. The zero-order valence-corrected chi connectivity index (χ0v) is 16.2. The molecule has 5 heteroatoms. The van der Waals surface area contributed by atoms with E-state index < -0.39 is 17.0 Å². The van der Waals surface area contributed by atoms with E-state index in [0.717, 1.165) is 21.5 Å². The van der Waals surface area contributed by atoms with Crippen LogP contribution in [0.4, 0.5) is 0 Å². The number of fused-ring (bicyclic) bond motifs is 2. The molecule has 0 unspecified atom stereocenters. The summed E-state index contributed by atoms with van der Waals surface area (Å²) in [5.74, 6) is 0.343. The van der Waals surface area contributed by atoms with E-state index in [1.165, 1.54) is 0 Å². The molecule has 124 valence electrons. The van der Waals surface area contributed by atoms with Crippen LogP contribution in [-0.2, 0) is 17.0 Å². The molecule has 0 aromatic heterocycles. The summed E-state index contributed by atoms with van der Waals surface area (Å²) >= 11 is -0.556. The maximum absolute atomic E-state index is 10.4. The van der Waals surface area contributed by atoms with E-state index in [1.54, 1.807) is 12.1 Å². The van der Waals surface area contributed by atoms with Crippen molar-refractivity contribution in [3.63, 3.8) is 0 Å². The van der Waals surface area contributed by atoms with Crippen LogP contribution in [-0.4, -0.2) is 10.2 Å². The predicted molar refractivity (Wildman–Crippen MR) is 102 cm³/mol. The van der Waals surface area contributed by atoms with Crippen LogP contribution in [0, 0.1) is 0 Å². The van der Waals surface area contributed by atoms with Crippen LogP contribution in [0.3, 0.4) is 0 Å². The van der Waals surface area contributed by atoms with Crippen LogP contribution in [0.1, 0.15) is 0 Å². The van der Waals surface area contributed by atoms with Gasteiger partial charge in [-0.1, -0.05) is 60.7 Å². The first kappa shape index (κ1) is 18.1. The summed E-state index contributed by atoms with van der Waals surface area (Å²) in [5.41, 5.74) is 1.35. The van der Waals surface area contributed by atoms with Gasteiger partial charge in [-0.2, -0.15) is 0 Å². The molecule has 4 aromatic carbocycles. The molecule has 2 nitrogen and oxygen atoms in total. The maximum atomic E-state index is 10.4. The van der Waals surface area contributed by atoms with Crippen molar-refractivity contribution in [2.75, 3.05) is 0 Å². The summed E-state index contributed by atoms with van der Waals surface area (Å²) in [6, 6.07) is 22.9. The van der Waals surface area contributed by atoms with Crippen molar-refractivity contribution in [1.29, 1.82) is 0 Å². The summed E-state index contributed by atoms with van der Waals surface area (Å²) in [6.07, 6.45) is 0. The van der Waals surface area contributed by atoms with Gasteiger partial charge in [0.2, 0.25) is 0 Å². The van der Waals surface area contributed by atoms with E-state index in [-0.39, 0.29) is 11.5 Å². The van der Waals surface area contributed by atoms with Crippen LogP contribution >= 0.6 is 18.6 Å². The van der Waals surface area contributed by atoms with Crippen molar-refractivity contribution in [2.45, 2.75) is 0 Å². The van der Waals surface area contributed by atoms with Gasteiger partial charge in [-0.05, 0) is 33.7 Å². The van der Waals surface area contributed by atoms with E-state index in [1.807, 2.05) is 60.7 Å². The number of halogens is 2. The second-order valence-corrected chi connectivity index (χ2v) is 8.01. The molecule has 0 aliphatic rings. The number of benzene rings is 4. The van der Waals surface area contributed by atoms with Gasteiger partial charge >= 0.3 is 35.6 Å². The molecule has 0 aliphatic carbocycles. The van der Waals surface area contributed by atoms with E-state index in [9.17, 15) is 10.2 Å². The summed E-state index contributed by atoms with van der Waals surface area (Å²) in [6.45, 7) is 0. The molecule has 0 amide bonds. The third-order valence-corrected chi connectivity index (χ3v) is 4.06. The second-order valence-electron chi connectivity index (χ2n) is 5.43. The van der Waals surface area contributed by atoms with Crippen molar-refractivity contribution >= 4 is 40.2 Å². The standard InChI is InChI=1S/C20H14O2.2ClH.Ti/c21-17-11-9-13-5-1-3-7-15(13)19(17)20-16-8-4-2-6-14(16)10-12-18(20)22;;;/h1-12,21-22H;2*1H;/q;;;+2/p-2. The summed E-state index contributed by atoms with van der Waals surface area (Å²) in [4.78, 5) is 0. The minimum atomic E-state index is -0.556. The Balaban J connectivity index is 0.000000569. The van der Waals surface area contributed by atoms with E-state index in [4.69, 9.17) is 18.6 Å². The van der Waals surface area contributed by atoms with Gasteiger partial charge in [0.25, 0.3) is 0 Å². The normalized spacial score (nSPS) is 10.3. The number of aromatic hydroxyl groups is 2. The molecule has 4 rings (SSSR count). The number of phenols is 2. The van der Waals surface area contributed by atoms with Crippen molar-refractivity contribution in [3.8, 4) is 22.6 Å². The van der Waals surface area contributed by atoms with Gasteiger partial charge in [0, 0.05) is 11.1 Å². The van der Waals surface area contributed by atoms with Crippen LogP contribution < -0.4 is 0 Å². The molecule has 0 saturated heterocycles. The molecule has 0 saturated carbocycles. The molecule has 0 heterocycles. The number of phenolic OH excluding ortho intramolecular Hbond substituents is 2. The molecule has 25 heavy (non-hydrogen) atoms. The fraction of sp³-hybridized carbons (Fsp3) is 0. The van der Waals surface area contributed by atoms with Gasteiger partial charge in [0.15, 0.2) is 0 Å². The third-order valence-electron chi connectivity index (χ3n) is 4.06. The Morgan fingerprint density at radius 2 is 0.920 bits per heavy atom. The molecule has 4 aromatic rings.